The Bertz CT molecular complexity index is 1040. The van der Waals surface area contributed by atoms with Crippen molar-refractivity contribution in [1.29, 1.82) is 0 Å². The molecule has 0 fully saturated rings. The number of amides is 3. The molecular weight excluding hydrogens is 366 g/mol. The number of rotatable bonds is 6. The minimum absolute atomic E-state index is 0.0802. The summed E-state index contributed by atoms with van der Waals surface area (Å²) in [4.78, 5) is 28.7. The number of hydrogen-bond acceptors (Lipinski definition) is 3. The van der Waals surface area contributed by atoms with Crippen molar-refractivity contribution in [1.82, 2.24) is 20.2 Å². The Kier molecular flexibility index (Phi) is 6.16. The summed E-state index contributed by atoms with van der Waals surface area (Å²) in [5, 5.41) is 8.63. The van der Waals surface area contributed by atoms with Crippen LogP contribution < -0.4 is 16.0 Å². The second-order valence-electron chi connectivity index (χ2n) is 7.47. The number of nitrogens with zero attached hydrogens (tertiary/aromatic N) is 2. The van der Waals surface area contributed by atoms with Gasteiger partial charge in [0.15, 0.2) is 0 Å². The van der Waals surface area contributed by atoms with Gasteiger partial charge in [-0.3, -0.25) is 4.79 Å². The number of nitrogens with one attached hydrogen (secondary N) is 3. The average Bonchev–Trinajstić information content (AvgIpc) is 3.06. The van der Waals surface area contributed by atoms with Gasteiger partial charge in [0, 0.05) is 30.4 Å². The van der Waals surface area contributed by atoms with Gasteiger partial charge in [0.1, 0.15) is 0 Å². The topological polar surface area (TPSA) is 88.1 Å². The number of anilines is 1. The van der Waals surface area contributed by atoms with Crippen LogP contribution in [0.3, 0.4) is 0 Å². The largest absolute Gasteiger partial charge is 0.350 e. The molecule has 0 aliphatic carbocycles. The number of hydrogen-bond donors (Lipinski definition) is 3. The molecule has 3 rings (SSSR count). The summed E-state index contributed by atoms with van der Waals surface area (Å²) in [6.07, 6.45) is 1.72. The molecule has 0 atom stereocenters. The third kappa shape index (κ3) is 5.13. The van der Waals surface area contributed by atoms with Crippen LogP contribution in [0.4, 0.5) is 10.5 Å². The van der Waals surface area contributed by atoms with E-state index in [1.54, 1.807) is 18.5 Å². The molecule has 0 radical (unpaired) electrons. The van der Waals surface area contributed by atoms with Gasteiger partial charge in [-0.15, -0.1) is 0 Å². The molecule has 7 heteroatoms. The molecule has 3 amide bonds. The lowest BCUT2D eigenvalue weighted by Crippen LogP contribution is -2.31. The van der Waals surface area contributed by atoms with Gasteiger partial charge in [-0.2, -0.15) is 0 Å². The lowest BCUT2D eigenvalue weighted by molar-refractivity contribution is 0.0943. The minimum Gasteiger partial charge on any atom is -0.350 e. The molecule has 0 aliphatic heterocycles. The van der Waals surface area contributed by atoms with Gasteiger partial charge in [-0.05, 0) is 63.1 Å². The quantitative estimate of drug-likeness (QED) is 0.598. The first-order valence-electron chi connectivity index (χ1n) is 9.71. The van der Waals surface area contributed by atoms with E-state index in [0.717, 1.165) is 27.8 Å². The molecule has 1 heterocycles. The van der Waals surface area contributed by atoms with E-state index in [-0.39, 0.29) is 18.0 Å². The van der Waals surface area contributed by atoms with E-state index in [1.165, 1.54) is 0 Å². The Morgan fingerprint density at radius 2 is 1.90 bits per heavy atom. The number of aryl methyl sites for hydroxylation is 2. The molecular formula is C22H27N5O2. The Morgan fingerprint density at radius 1 is 1.10 bits per heavy atom. The summed E-state index contributed by atoms with van der Waals surface area (Å²) in [7, 11) is 0. The van der Waals surface area contributed by atoms with Gasteiger partial charge in [0.2, 0.25) is 0 Å². The maximum Gasteiger partial charge on any atom is 0.319 e. The standard InChI is InChI=1S/C22H27N5O2/c1-14(2)25-21(28)17-7-8-20-19(12-17)24-13-27(20)10-9-23-22(29)26-18-11-15(3)5-6-16(18)4/h5-8,11-14H,9-10H2,1-4H3,(H,25,28)(H2,23,26,29). The zero-order valence-corrected chi connectivity index (χ0v) is 17.2. The van der Waals surface area contributed by atoms with E-state index in [1.807, 2.05) is 56.5 Å². The second-order valence-corrected chi connectivity index (χ2v) is 7.47. The van der Waals surface area contributed by atoms with Crippen LogP contribution in [0, 0.1) is 13.8 Å². The van der Waals surface area contributed by atoms with Gasteiger partial charge in [-0.25, -0.2) is 9.78 Å². The average molecular weight is 393 g/mol. The first-order chi connectivity index (χ1) is 13.8. The third-order valence-corrected chi connectivity index (χ3v) is 4.58. The van der Waals surface area contributed by atoms with Gasteiger partial charge < -0.3 is 20.5 Å². The van der Waals surface area contributed by atoms with Crippen LogP contribution in [0.25, 0.3) is 11.0 Å². The lowest BCUT2D eigenvalue weighted by Gasteiger charge is -2.11. The molecule has 0 spiro atoms. The highest BCUT2D eigenvalue weighted by Crippen LogP contribution is 2.17. The molecule has 1 aromatic heterocycles. The van der Waals surface area contributed by atoms with E-state index in [0.29, 0.717) is 18.7 Å². The molecule has 0 saturated carbocycles. The molecule has 0 aliphatic rings. The van der Waals surface area contributed by atoms with E-state index < -0.39 is 0 Å². The van der Waals surface area contributed by atoms with Crippen LogP contribution in [0.5, 0.6) is 0 Å². The molecule has 152 valence electrons. The van der Waals surface area contributed by atoms with Crippen molar-refractivity contribution in [2.24, 2.45) is 0 Å². The number of aromatic nitrogens is 2. The lowest BCUT2D eigenvalue weighted by atomic mass is 10.1. The fourth-order valence-corrected chi connectivity index (χ4v) is 3.06. The molecule has 2 aromatic carbocycles. The molecule has 7 nitrogen and oxygen atoms in total. The number of carbonyl (C=O) groups is 2. The van der Waals surface area contributed by atoms with Crippen LogP contribution in [-0.4, -0.2) is 34.1 Å². The highest BCUT2D eigenvalue weighted by Gasteiger charge is 2.10. The summed E-state index contributed by atoms with van der Waals surface area (Å²) in [5.41, 5.74) is 5.18. The predicted octanol–water partition coefficient (Wildman–Crippen LogP) is 3.61. The summed E-state index contributed by atoms with van der Waals surface area (Å²) in [5.74, 6) is -0.110. The zero-order valence-electron chi connectivity index (χ0n) is 17.2. The molecule has 0 unspecified atom stereocenters. The van der Waals surface area contributed by atoms with Crippen molar-refractivity contribution in [3.05, 3.63) is 59.4 Å². The maximum atomic E-state index is 12.2. The second kappa shape index (κ2) is 8.77. The van der Waals surface area contributed by atoms with Crippen molar-refractivity contribution < 1.29 is 9.59 Å². The van der Waals surface area contributed by atoms with Crippen LogP contribution in [0.2, 0.25) is 0 Å². The molecule has 3 aromatic rings. The van der Waals surface area contributed by atoms with Crippen LogP contribution in [-0.2, 0) is 6.54 Å². The molecule has 29 heavy (non-hydrogen) atoms. The Morgan fingerprint density at radius 3 is 2.66 bits per heavy atom. The summed E-state index contributed by atoms with van der Waals surface area (Å²) >= 11 is 0. The highest BCUT2D eigenvalue weighted by atomic mass is 16.2. The fourth-order valence-electron chi connectivity index (χ4n) is 3.06. The minimum atomic E-state index is -0.240. The summed E-state index contributed by atoms with van der Waals surface area (Å²) in [6, 6.07) is 11.2. The molecule has 3 N–H and O–H groups in total. The van der Waals surface area contributed by atoms with Gasteiger partial charge in [0.05, 0.1) is 17.4 Å². The van der Waals surface area contributed by atoms with Crippen molar-refractivity contribution >= 4 is 28.7 Å². The normalized spacial score (nSPS) is 10.9. The smallest absolute Gasteiger partial charge is 0.319 e. The van der Waals surface area contributed by atoms with Crippen LogP contribution in [0.1, 0.15) is 35.3 Å². The molecule has 0 saturated heterocycles. The Labute approximate surface area is 170 Å². The van der Waals surface area contributed by atoms with E-state index in [4.69, 9.17) is 0 Å². The highest BCUT2D eigenvalue weighted by molar-refractivity contribution is 5.97. The van der Waals surface area contributed by atoms with E-state index >= 15 is 0 Å². The number of urea groups is 1. The maximum absolute atomic E-state index is 12.2. The SMILES string of the molecule is Cc1ccc(C)c(NC(=O)NCCn2cnc3cc(C(=O)NC(C)C)ccc32)c1. The first kappa shape index (κ1) is 20.4. The fraction of sp³-hybridized carbons (Fsp3) is 0.318. The third-order valence-electron chi connectivity index (χ3n) is 4.58. The number of fused-ring (bicyclic) bond motifs is 1. The van der Waals surface area contributed by atoms with Crippen molar-refractivity contribution in [3.8, 4) is 0 Å². The monoisotopic (exact) mass is 393 g/mol. The van der Waals surface area contributed by atoms with Crippen molar-refractivity contribution in [2.45, 2.75) is 40.3 Å². The van der Waals surface area contributed by atoms with Crippen LogP contribution >= 0.6 is 0 Å². The Balaban J connectivity index is 1.58. The summed E-state index contributed by atoms with van der Waals surface area (Å²) in [6.45, 7) is 8.84. The number of imidazole rings is 1. The predicted molar refractivity (Wildman–Crippen MR) is 115 cm³/mol. The number of carbonyl (C=O) groups excluding carboxylic acids is 2. The van der Waals surface area contributed by atoms with Crippen molar-refractivity contribution in [3.63, 3.8) is 0 Å². The zero-order chi connectivity index (χ0) is 21.0. The van der Waals surface area contributed by atoms with E-state index in [2.05, 4.69) is 20.9 Å². The number of benzene rings is 2. The van der Waals surface area contributed by atoms with E-state index in [9.17, 15) is 9.59 Å². The first-order valence-corrected chi connectivity index (χ1v) is 9.71. The summed E-state index contributed by atoms with van der Waals surface area (Å²) < 4.78 is 1.96. The van der Waals surface area contributed by atoms with Gasteiger partial charge in [0.25, 0.3) is 5.91 Å². The van der Waals surface area contributed by atoms with Gasteiger partial charge >= 0.3 is 6.03 Å². The van der Waals surface area contributed by atoms with Gasteiger partial charge in [-0.1, -0.05) is 12.1 Å². The van der Waals surface area contributed by atoms with Crippen molar-refractivity contribution in [2.75, 3.05) is 11.9 Å². The molecule has 0 bridgehead atoms. The van der Waals surface area contributed by atoms with Crippen LogP contribution in [0.15, 0.2) is 42.7 Å². The Hall–Kier alpha value is -3.35.